The number of aromatic nitrogens is 3. The van der Waals surface area contributed by atoms with Crippen molar-refractivity contribution in [2.45, 2.75) is 13.0 Å². The maximum absolute atomic E-state index is 12.4. The molecule has 0 saturated carbocycles. The minimum atomic E-state index is -0.790. The van der Waals surface area contributed by atoms with Crippen molar-refractivity contribution in [2.75, 3.05) is 0 Å². The summed E-state index contributed by atoms with van der Waals surface area (Å²) >= 11 is 1.46. The SMILES string of the molecule is CC(OC(=O)c1ccc(-c2ccccc2)[nH]c1=O)c1nnc(-c2cccs2)o1. The van der Waals surface area contributed by atoms with Gasteiger partial charge in [-0.3, -0.25) is 4.79 Å². The molecule has 0 bridgehead atoms. The number of nitrogens with zero attached hydrogens (tertiary/aromatic N) is 2. The third-order valence-corrected chi connectivity index (χ3v) is 4.88. The predicted octanol–water partition coefficient (Wildman–Crippen LogP) is 4.07. The monoisotopic (exact) mass is 393 g/mol. The third kappa shape index (κ3) is 3.63. The summed E-state index contributed by atoms with van der Waals surface area (Å²) in [7, 11) is 0. The van der Waals surface area contributed by atoms with E-state index in [2.05, 4.69) is 15.2 Å². The largest absolute Gasteiger partial charge is 0.449 e. The van der Waals surface area contributed by atoms with Crippen LogP contribution in [0.4, 0.5) is 0 Å². The van der Waals surface area contributed by atoms with Crippen LogP contribution in [-0.2, 0) is 4.74 Å². The average Bonchev–Trinajstić information content (AvgIpc) is 3.40. The molecule has 1 aromatic carbocycles. The summed E-state index contributed by atoms with van der Waals surface area (Å²) in [5, 5.41) is 9.78. The van der Waals surface area contributed by atoms with Crippen LogP contribution < -0.4 is 5.56 Å². The molecule has 4 aromatic rings. The van der Waals surface area contributed by atoms with E-state index in [9.17, 15) is 9.59 Å². The molecular weight excluding hydrogens is 378 g/mol. The lowest BCUT2D eigenvalue weighted by Crippen LogP contribution is -2.21. The second-order valence-corrected chi connectivity index (χ2v) is 6.90. The highest BCUT2D eigenvalue weighted by atomic mass is 32.1. The van der Waals surface area contributed by atoms with Gasteiger partial charge < -0.3 is 14.1 Å². The molecule has 4 rings (SSSR count). The highest BCUT2D eigenvalue weighted by molar-refractivity contribution is 7.13. The average molecular weight is 393 g/mol. The molecule has 0 amide bonds. The molecule has 1 unspecified atom stereocenters. The van der Waals surface area contributed by atoms with Crippen LogP contribution >= 0.6 is 11.3 Å². The zero-order chi connectivity index (χ0) is 19.5. The van der Waals surface area contributed by atoms with E-state index in [0.29, 0.717) is 11.6 Å². The fraction of sp³-hybridized carbons (Fsp3) is 0.100. The summed E-state index contributed by atoms with van der Waals surface area (Å²) in [5.41, 5.74) is 0.848. The Balaban J connectivity index is 1.50. The third-order valence-electron chi connectivity index (χ3n) is 4.02. The van der Waals surface area contributed by atoms with E-state index >= 15 is 0 Å². The normalized spacial score (nSPS) is 11.9. The fourth-order valence-electron chi connectivity index (χ4n) is 2.59. The van der Waals surface area contributed by atoms with E-state index < -0.39 is 17.6 Å². The van der Waals surface area contributed by atoms with Gasteiger partial charge in [-0.25, -0.2) is 4.79 Å². The summed E-state index contributed by atoms with van der Waals surface area (Å²) in [6, 6.07) is 16.2. The zero-order valence-corrected chi connectivity index (χ0v) is 15.6. The first-order valence-electron chi connectivity index (χ1n) is 8.49. The van der Waals surface area contributed by atoms with Crippen molar-refractivity contribution < 1.29 is 13.9 Å². The quantitative estimate of drug-likeness (QED) is 0.513. The highest BCUT2D eigenvalue weighted by Gasteiger charge is 2.22. The van der Waals surface area contributed by atoms with E-state index in [-0.39, 0.29) is 11.5 Å². The number of aromatic amines is 1. The number of H-pyrrole nitrogens is 1. The van der Waals surface area contributed by atoms with Gasteiger partial charge in [0.2, 0.25) is 0 Å². The number of ether oxygens (including phenoxy) is 1. The number of pyridine rings is 1. The molecule has 3 heterocycles. The van der Waals surface area contributed by atoms with Crippen molar-refractivity contribution in [2.24, 2.45) is 0 Å². The van der Waals surface area contributed by atoms with E-state index in [1.807, 2.05) is 47.8 Å². The molecule has 0 aliphatic heterocycles. The van der Waals surface area contributed by atoms with Crippen molar-refractivity contribution in [1.29, 1.82) is 0 Å². The van der Waals surface area contributed by atoms with Crippen LogP contribution in [0.1, 0.15) is 29.3 Å². The molecule has 0 fully saturated rings. The van der Waals surface area contributed by atoms with E-state index in [1.54, 1.807) is 13.0 Å². The van der Waals surface area contributed by atoms with E-state index in [0.717, 1.165) is 10.4 Å². The standard InChI is InChI=1S/C20H15N3O4S/c1-12(18-22-23-19(27-18)16-8-5-11-28-16)26-20(25)14-9-10-15(21-17(14)24)13-6-3-2-4-7-13/h2-12H,1H3,(H,21,24). The van der Waals surface area contributed by atoms with Crippen molar-refractivity contribution >= 4 is 17.3 Å². The zero-order valence-electron chi connectivity index (χ0n) is 14.8. The van der Waals surface area contributed by atoms with Crippen LogP contribution in [0.15, 0.2) is 69.2 Å². The Morgan fingerprint density at radius 2 is 1.93 bits per heavy atom. The summed E-state index contributed by atoms with van der Waals surface area (Å²) in [6.45, 7) is 1.61. The molecule has 0 aliphatic rings. The lowest BCUT2D eigenvalue weighted by atomic mass is 10.1. The summed E-state index contributed by atoms with van der Waals surface area (Å²) in [4.78, 5) is 28.3. The minimum Gasteiger partial charge on any atom is -0.449 e. The number of hydrogen-bond donors (Lipinski definition) is 1. The number of benzene rings is 1. The predicted molar refractivity (Wildman–Crippen MR) is 104 cm³/mol. The molecule has 140 valence electrons. The van der Waals surface area contributed by atoms with Gasteiger partial charge in [0, 0.05) is 5.69 Å². The first kappa shape index (κ1) is 17.9. The van der Waals surface area contributed by atoms with Crippen LogP contribution in [0.5, 0.6) is 0 Å². The molecule has 0 aliphatic carbocycles. The van der Waals surface area contributed by atoms with Crippen LogP contribution in [-0.4, -0.2) is 21.2 Å². The number of nitrogens with one attached hydrogen (secondary N) is 1. The summed E-state index contributed by atoms with van der Waals surface area (Å²) in [5.74, 6) is -0.240. The second kappa shape index (κ2) is 7.61. The van der Waals surface area contributed by atoms with Crippen molar-refractivity contribution in [3.8, 4) is 22.0 Å². The number of esters is 1. The first-order chi connectivity index (χ1) is 13.6. The maximum Gasteiger partial charge on any atom is 0.344 e. The van der Waals surface area contributed by atoms with Crippen molar-refractivity contribution in [3.05, 3.63) is 81.8 Å². The Hall–Kier alpha value is -3.52. The van der Waals surface area contributed by atoms with Gasteiger partial charge in [-0.15, -0.1) is 21.5 Å². The number of carbonyl (C=O) groups excluding carboxylic acids is 1. The smallest absolute Gasteiger partial charge is 0.344 e. The molecule has 1 N–H and O–H groups in total. The molecule has 28 heavy (non-hydrogen) atoms. The molecule has 0 spiro atoms. The second-order valence-electron chi connectivity index (χ2n) is 5.95. The van der Waals surface area contributed by atoms with E-state index in [4.69, 9.17) is 9.15 Å². The first-order valence-corrected chi connectivity index (χ1v) is 9.37. The van der Waals surface area contributed by atoms with Gasteiger partial charge in [0.25, 0.3) is 17.3 Å². The Morgan fingerprint density at radius 1 is 1.11 bits per heavy atom. The maximum atomic E-state index is 12.4. The Labute approximate surface area is 163 Å². The van der Waals surface area contributed by atoms with Crippen LogP contribution in [0, 0.1) is 0 Å². The number of carbonyl (C=O) groups is 1. The van der Waals surface area contributed by atoms with Crippen LogP contribution in [0.3, 0.4) is 0 Å². The minimum absolute atomic E-state index is 0.0930. The van der Waals surface area contributed by atoms with Gasteiger partial charge in [0.1, 0.15) is 5.56 Å². The molecule has 1 atom stereocenters. The molecule has 0 saturated heterocycles. The molecular formula is C20H15N3O4S. The van der Waals surface area contributed by atoms with Gasteiger partial charge >= 0.3 is 5.97 Å². The Kier molecular flexibility index (Phi) is 4.86. The van der Waals surface area contributed by atoms with Crippen LogP contribution in [0.25, 0.3) is 22.0 Å². The summed E-state index contributed by atoms with van der Waals surface area (Å²) < 4.78 is 10.9. The Bertz CT molecular complexity index is 1150. The molecule has 0 radical (unpaired) electrons. The van der Waals surface area contributed by atoms with Crippen molar-refractivity contribution in [1.82, 2.24) is 15.2 Å². The van der Waals surface area contributed by atoms with Gasteiger partial charge in [-0.1, -0.05) is 36.4 Å². The van der Waals surface area contributed by atoms with Gasteiger partial charge in [0.05, 0.1) is 4.88 Å². The van der Waals surface area contributed by atoms with E-state index in [1.165, 1.54) is 17.4 Å². The topological polar surface area (TPSA) is 98.1 Å². The number of thiophene rings is 1. The highest BCUT2D eigenvalue weighted by Crippen LogP contribution is 2.26. The van der Waals surface area contributed by atoms with Gasteiger partial charge in [0.15, 0.2) is 6.10 Å². The molecule has 7 nitrogen and oxygen atoms in total. The lowest BCUT2D eigenvalue weighted by molar-refractivity contribution is 0.0278. The van der Waals surface area contributed by atoms with Gasteiger partial charge in [-0.2, -0.15) is 0 Å². The van der Waals surface area contributed by atoms with Crippen molar-refractivity contribution in [3.63, 3.8) is 0 Å². The molecule has 3 aromatic heterocycles. The van der Waals surface area contributed by atoms with Gasteiger partial charge in [-0.05, 0) is 36.1 Å². The fourth-order valence-corrected chi connectivity index (χ4v) is 3.24. The Morgan fingerprint density at radius 3 is 2.64 bits per heavy atom. The van der Waals surface area contributed by atoms with Crippen LogP contribution in [0.2, 0.25) is 0 Å². The number of rotatable bonds is 5. The number of hydrogen-bond acceptors (Lipinski definition) is 7. The lowest BCUT2D eigenvalue weighted by Gasteiger charge is -2.09. The molecule has 8 heteroatoms. The summed E-state index contributed by atoms with van der Waals surface area (Å²) in [6.07, 6.45) is -0.790.